The smallest absolute Gasteiger partial charge is 0.410 e. The van der Waals surface area contributed by atoms with Crippen LogP contribution in [0, 0.1) is 0 Å². The number of nitrogens with zero attached hydrogens (tertiary/aromatic N) is 1. The number of nitrogens with one attached hydrogen (secondary N) is 1. The summed E-state index contributed by atoms with van der Waals surface area (Å²) in [5.74, 6) is 0. The Hall–Kier alpha value is -0.850. The van der Waals surface area contributed by atoms with Gasteiger partial charge in [-0.2, -0.15) is 0 Å². The first kappa shape index (κ1) is 20.5. The molecule has 1 aliphatic carbocycles. The molecule has 2 fully saturated rings. The van der Waals surface area contributed by atoms with Gasteiger partial charge in [-0.05, 0) is 46.5 Å². The lowest BCUT2D eigenvalue weighted by Crippen LogP contribution is -2.56. The van der Waals surface area contributed by atoms with E-state index >= 15 is 0 Å². The van der Waals surface area contributed by atoms with Crippen LogP contribution in [0.3, 0.4) is 0 Å². The molecule has 1 amide bonds. The van der Waals surface area contributed by atoms with E-state index in [9.17, 15) is 4.79 Å². The summed E-state index contributed by atoms with van der Waals surface area (Å²) in [7, 11) is 3.58. The van der Waals surface area contributed by atoms with Crippen molar-refractivity contribution < 1.29 is 19.0 Å². The summed E-state index contributed by atoms with van der Waals surface area (Å²) in [5, 5.41) is 3.68. The van der Waals surface area contributed by atoms with E-state index in [-0.39, 0.29) is 11.7 Å². The van der Waals surface area contributed by atoms with Crippen molar-refractivity contribution in [2.45, 2.75) is 82.6 Å². The third-order valence-corrected chi connectivity index (χ3v) is 5.45. The van der Waals surface area contributed by atoms with Gasteiger partial charge in [0.15, 0.2) is 0 Å². The Morgan fingerprint density at radius 3 is 2.36 bits per heavy atom. The molecule has 0 aromatic heterocycles. The first-order valence-corrected chi connectivity index (χ1v) is 9.58. The van der Waals surface area contributed by atoms with Crippen molar-refractivity contribution in [3.8, 4) is 0 Å². The van der Waals surface area contributed by atoms with E-state index in [4.69, 9.17) is 14.2 Å². The van der Waals surface area contributed by atoms with Gasteiger partial charge in [-0.3, -0.25) is 0 Å². The van der Waals surface area contributed by atoms with Crippen LogP contribution in [0.15, 0.2) is 0 Å². The van der Waals surface area contributed by atoms with Gasteiger partial charge in [0.2, 0.25) is 0 Å². The highest BCUT2D eigenvalue weighted by Gasteiger charge is 2.38. The van der Waals surface area contributed by atoms with Crippen LogP contribution in [-0.4, -0.2) is 68.2 Å². The number of ether oxygens (including phenoxy) is 3. The number of rotatable bonds is 5. The zero-order valence-corrected chi connectivity index (χ0v) is 16.6. The quantitative estimate of drug-likeness (QED) is 0.821. The zero-order valence-electron chi connectivity index (χ0n) is 16.6. The van der Waals surface area contributed by atoms with Gasteiger partial charge in [-0.15, -0.1) is 0 Å². The molecule has 0 aromatic carbocycles. The largest absolute Gasteiger partial charge is 0.444 e. The normalized spacial score (nSPS) is 27.2. The zero-order chi connectivity index (χ0) is 18.5. The molecule has 0 radical (unpaired) electrons. The van der Waals surface area contributed by atoms with Gasteiger partial charge < -0.3 is 24.4 Å². The predicted molar refractivity (Wildman–Crippen MR) is 97.8 cm³/mol. The van der Waals surface area contributed by atoms with Crippen molar-refractivity contribution in [1.82, 2.24) is 10.2 Å². The molecule has 1 saturated heterocycles. The van der Waals surface area contributed by atoms with Crippen LogP contribution in [0.1, 0.15) is 59.3 Å². The third-order valence-electron chi connectivity index (χ3n) is 5.45. The minimum atomic E-state index is -0.454. The van der Waals surface area contributed by atoms with E-state index in [1.807, 2.05) is 20.8 Å². The van der Waals surface area contributed by atoms with Gasteiger partial charge in [0, 0.05) is 39.9 Å². The van der Waals surface area contributed by atoms with E-state index in [2.05, 4.69) is 5.32 Å². The summed E-state index contributed by atoms with van der Waals surface area (Å²) < 4.78 is 17.0. The maximum absolute atomic E-state index is 12.2. The molecule has 1 saturated carbocycles. The van der Waals surface area contributed by atoms with Crippen molar-refractivity contribution in [3.05, 3.63) is 0 Å². The molecule has 0 aromatic rings. The topological polar surface area (TPSA) is 60.0 Å². The second-order valence-electron chi connectivity index (χ2n) is 8.40. The molecule has 1 N–H and O–H groups in total. The monoisotopic (exact) mass is 356 g/mol. The first-order chi connectivity index (χ1) is 11.8. The van der Waals surface area contributed by atoms with E-state index < -0.39 is 5.60 Å². The van der Waals surface area contributed by atoms with Crippen molar-refractivity contribution in [2.75, 3.05) is 33.9 Å². The number of amides is 1. The molecule has 2 atom stereocenters. The van der Waals surface area contributed by atoms with Crippen LogP contribution in [0.25, 0.3) is 0 Å². The molecular weight excluding hydrogens is 320 g/mol. The molecule has 2 aliphatic rings. The fourth-order valence-electron chi connectivity index (χ4n) is 3.81. The highest BCUT2D eigenvalue weighted by atomic mass is 16.6. The lowest BCUT2D eigenvalue weighted by molar-refractivity contribution is -0.0641. The van der Waals surface area contributed by atoms with Gasteiger partial charge in [0.25, 0.3) is 0 Å². The molecule has 2 unspecified atom stereocenters. The molecule has 6 heteroatoms. The molecular formula is C19H36N2O4. The third kappa shape index (κ3) is 5.83. The average Bonchev–Trinajstić information content (AvgIpc) is 2.59. The molecule has 6 nitrogen and oxygen atoms in total. The van der Waals surface area contributed by atoms with Crippen LogP contribution in [0.2, 0.25) is 0 Å². The molecule has 146 valence electrons. The van der Waals surface area contributed by atoms with E-state index in [1.54, 1.807) is 19.1 Å². The Balaban J connectivity index is 1.85. The molecule has 0 bridgehead atoms. The fourth-order valence-corrected chi connectivity index (χ4v) is 3.81. The summed E-state index contributed by atoms with van der Waals surface area (Å²) >= 11 is 0. The number of hydrogen-bond donors (Lipinski definition) is 1. The van der Waals surface area contributed by atoms with E-state index in [0.717, 1.165) is 32.2 Å². The Kier molecular flexibility index (Phi) is 7.11. The summed E-state index contributed by atoms with van der Waals surface area (Å²) in [5.41, 5.74) is -0.668. The van der Waals surface area contributed by atoms with Gasteiger partial charge in [-0.1, -0.05) is 12.8 Å². The van der Waals surface area contributed by atoms with Gasteiger partial charge in [0.1, 0.15) is 5.60 Å². The number of hydrogen-bond acceptors (Lipinski definition) is 5. The Labute approximate surface area is 152 Å². The highest BCUT2D eigenvalue weighted by molar-refractivity contribution is 5.68. The van der Waals surface area contributed by atoms with Crippen LogP contribution in [0.5, 0.6) is 0 Å². The van der Waals surface area contributed by atoms with Crippen molar-refractivity contribution in [1.29, 1.82) is 0 Å². The lowest BCUT2D eigenvalue weighted by Gasteiger charge is -2.42. The number of carbonyl (C=O) groups excluding carboxylic acids is 1. The molecule has 25 heavy (non-hydrogen) atoms. The van der Waals surface area contributed by atoms with Crippen LogP contribution in [0.4, 0.5) is 4.79 Å². The molecule has 2 rings (SSSR count). The van der Waals surface area contributed by atoms with Crippen molar-refractivity contribution >= 4 is 6.09 Å². The number of piperidine rings is 1. The van der Waals surface area contributed by atoms with Gasteiger partial charge in [-0.25, -0.2) is 4.79 Å². The van der Waals surface area contributed by atoms with E-state index in [0.29, 0.717) is 25.2 Å². The molecule has 0 spiro atoms. The Morgan fingerprint density at radius 2 is 1.80 bits per heavy atom. The minimum Gasteiger partial charge on any atom is -0.444 e. The van der Waals surface area contributed by atoms with Crippen LogP contribution in [-0.2, 0) is 14.2 Å². The highest BCUT2D eigenvalue weighted by Crippen LogP contribution is 2.28. The van der Waals surface area contributed by atoms with Crippen LogP contribution < -0.4 is 5.32 Å². The van der Waals surface area contributed by atoms with Gasteiger partial charge in [0.05, 0.1) is 11.7 Å². The predicted octanol–water partition coefficient (Wildman–Crippen LogP) is 2.95. The second kappa shape index (κ2) is 8.69. The lowest BCUT2D eigenvalue weighted by atomic mass is 9.88. The second-order valence-corrected chi connectivity index (χ2v) is 8.40. The fraction of sp³-hybridized carbons (Fsp3) is 0.947. The SMILES string of the molecule is COC1CCCCC1NCC1(OC)CCN(C(=O)OC(C)(C)C)CC1. The molecule has 1 heterocycles. The van der Waals surface area contributed by atoms with Crippen molar-refractivity contribution in [2.24, 2.45) is 0 Å². The summed E-state index contributed by atoms with van der Waals surface area (Å²) in [6.07, 6.45) is 6.49. The Morgan fingerprint density at radius 1 is 1.16 bits per heavy atom. The maximum atomic E-state index is 12.2. The summed E-state index contributed by atoms with van der Waals surface area (Å²) in [4.78, 5) is 14.0. The number of methoxy groups -OCH3 is 2. The van der Waals surface area contributed by atoms with Crippen LogP contribution >= 0.6 is 0 Å². The average molecular weight is 357 g/mol. The van der Waals surface area contributed by atoms with Gasteiger partial charge >= 0.3 is 6.09 Å². The summed E-state index contributed by atoms with van der Waals surface area (Å²) in [6, 6.07) is 0.398. The first-order valence-electron chi connectivity index (χ1n) is 9.58. The summed E-state index contributed by atoms with van der Waals surface area (Å²) in [6.45, 7) is 7.83. The maximum Gasteiger partial charge on any atom is 0.410 e. The minimum absolute atomic E-state index is 0.214. The van der Waals surface area contributed by atoms with E-state index in [1.165, 1.54) is 12.8 Å². The standard InChI is InChI=1S/C19H36N2O4/c1-18(2,3)25-17(22)21-12-10-19(24-5,11-13-21)14-20-15-8-6-7-9-16(15)23-4/h15-16,20H,6-14H2,1-5H3. The van der Waals surface area contributed by atoms with Crippen molar-refractivity contribution in [3.63, 3.8) is 0 Å². The number of likely N-dealkylation sites (tertiary alicyclic amines) is 1. The number of carbonyl (C=O) groups is 1. The Bertz CT molecular complexity index is 428. The molecule has 1 aliphatic heterocycles.